The number of hydrogen-bond donors (Lipinski definition) is 1. The van der Waals surface area contributed by atoms with Gasteiger partial charge in [-0.15, -0.1) is 18.3 Å². The first-order chi connectivity index (χ1) is 11.9. The Morgan fingerprint density at radius 3 is 2.38 bits per heavy atom. The Balaban J connectivity index is 0.000000290. The Kier molecular flexibility index (Phi) is 9.78. The van der Waals surface area contributed by atoms with Crippen LogP contribution in [0, 0.1) is 12.3 Å². The van der Waals surface area contributed by atoms with Crippen molar-refractivity contribution < 1.29 is 55.9 Å². The topological polar surface area (TPSA) is 51.0 Å². The number of hydrogen-bond acceptors (Lipinski definition) is 4. The molecule has 6 heteroatoms. The first-order valence-electron chi connectivity index (χ1n) is 7.74. The third kappa shape index (κ3) is 7.74. The molecule has 0 unspecified atom stereocenters. The summed E-state index contributed by atoms with van der Waals surface area (Å²) in [5.74, 6) is 0.877. The Labute approximate surface area is 202 Å². The van der Waals surface area contributed by atoms with E-state index in [0.29, 0.717) is 10.9 Å². The van der Waals surface area contributed by atoms with Gasteiger partial charge in [0.25, 0.3) is 0 Å². The Bertz CT molecular complexity index is 799. The van der Waals surface area contributed by atoms with Gasteiger partial charge in [-0.05, 0) is 23.3 Å². The van der Waals surface area contributed by atoms with Gasteiger partial charge in [0.1, 0.15) is 5.15 Å². The molecular formula is C20H20ClKN3O-. The van der Waals surface area contributed by atoms with Crippen molar-refractivity contribution in [2.24, 2.45) is 0 Å². The van der Waals surface area contributed by atoms with Crippen LogP contribution in [0.4, 0.5) is 5.69 Å². The molecule has 1 aromatic carbocycles. The van der Waals surface area contributed by atoms with Gasteiger partial charge in [-0.1, -0.05) is 50.7 Å². The van der Waals surface area contributed by atoms with Gasteiger partial charge in [-0.25, -0.2) is 10.1 Å². The number of nitrogens with zero attached hydrogens (tertiary/aromatic N) is 2. The minimum absolute atomic E-state index is 0. The molecule has 0 saturated heterocycles. The molecule has 26 heavy (non-hydrogen) atoms. The second-order valence-electron chi connectivity index (χ2n) is 6.31. The van der Waals surface area contributed by atoms with Gasteiger partial charge >= 0.3 is 51.4 Å². The van der Waals surface area contributed by atoms with Crippen LogP contribution in [-0.4, -0.2) is 10.1 Å². The average molecular weight is 393 g/mol. The van der Waals surface area contributed by atoms with E-state index in [1.165, 1.54) is 0 Å². The molecule has 0 spiro atoms. The van der Waals surface area contributed by atoms with Crippen LogP contribution in [0.5, 0.6) is 0 Å². The number of nitrogens with one attached hydrogen (secondary N) is 1. The van der Waals surface area contributed by atoms with Crippen molar-refractivity contribution in [2.45, 2.75) is 26.2 Å². The van der Waals surface area contributed by atoms with Crippen molar-refractivity contribution >= 4 is 23.0 Å². The number of rotatable bonds is 3. The van der Waals surface area contributed by atoms with Crippen LogP contribution in [0.1, 0.15) is 32.2 Å². The van der Waals surface area contributed by atoms with E-state index < -0.39 is 0 Å². The van der Waals surface area contributed by atoms with E-state index in [4.69, 9.17) is 16.1 Å². The van der Waals surface area contributed by atoms with Crippen molar-refractivity contribution in [2.75, 3.05) is 5.32 Å². The van der Waals surface area contributed by atoms with Crippen molar-refractivity contribution in [1.29, 1.82) is 0 Å². The zero-order valence-corrected chi connectivity index (χ0v) is 19.4. The van der Waals surface area contributed by atoms with E-state index in [2.05, 4.69) is 55.1 Å². The summed E-state index contributed by atoms with van der Waals surface area (Å²) in [6.45, 7) is 10.1. The summed E-state index contributed by atoms with van der Waals surface area (Å²) in [6.07, 6.45) is 2.62. The maximum atomic E-state index is 5.81. The van der Waals surface area contributed by atoms with Crippen molar-refractivity contribution in [3.63, 3.8) is 0 Å². The van der Waals surface area contributed by atoms with Crippen LogP contribution in [0.25, 0.3) is 5.70 Å². The van der Waals surface area contributed by atoms with Crippen LogP contribution >= 0.6 is 11.6 Å². The van der Waals surface area contributed by atoms with E-state index in [1.807, 2.05) is 36.4 Å². The predicted molar refractivity (Wildman–Crippen MR) is 101 cm³/mol. The summed E-state index contributed by atoms with van der Waals surface area (Å²) >= 11 is 5.81. The smallest absolute Gasteiger partial charge is 0.470 e. The van der Waals surface area contributed by atoms with Gasteiger partial charge in [-0.2, -0.15) is 24.3 Å². The van der Waals surface area contributed by atoms with E-state index in [1.54, 1.807) is 12.1 Å². The molecule has 0 fully saturated rings. The molecule has 0 amide bonds. The van der Waals surface area contributed by atoms with Gasteiger partial charge in [0.15, 0.2) is 0 Å². The SMILES string of the molecule is C=C(Nc1cc[c-]cc1)c1cccc(Cl)n1.CC(C)(C)c1c[c-]no1.[K+]. The monoisotopic (exact) mass is 392 g/mol. The molecule has 0 aliphatic carbocycles. The van der Waals surface area contributed by atoms with Crippen LogP contribution in [0.15, 0.2) is 59.6 Å². The number of benzene rings is 1. The summed E-state index contributed by atoms with van der Waals surface area (Å²) in [5, 5.41) is 7.10. The van der Waals surface area contributed by atoms with Crippen LogP contribution in [0.3, 0.4) is 0 Å². The van der Waals surface area contributed by atoms with Crippen LogP contribution in [0.2, 0.25) is 5.15 Å². The number of pyridine rings is 1. The molecule has 2 aromatic heterocycles. The molecule has 4 nitrogen and oxygen atoms in total. The first kappa shape index (κ1) is 23.1. The Morgan fingerprint density at radius 1 is 1.19 bits per heavy atom. The first-order valence-corrected chi connectivity index (χ1v) is 8.12. The maximum Gasteiger partial charge on any atom is 1.00 e. The number of aromatic nitrogens is 2. The zero-order chi connectivity index (χ0) is 18.3. The maximum absolute atomic E-state index is 5.81. The minimum Gasteiger partial charge on any atom is -0.470 e. The quantitative estimate of drug-likeness (QED) is 0.422. The van der Waals surface area contributed by atoms with Crippen LogP contribution < -0.4 is 56.7 Å². The van der Waals surface area contributed by atoms with Gasteiger partial charge in [0, 0.05) is 0 Å². The number of halogens is 1. The molecule has 3 rings (SSSR count). The van der Waals surface area contributed by atoms with Crippen LogP contribution in [-0.2, 0) is 5.41 Å². The summed E-state index contributed by atoms with van der Waals surface area (Å²) < 4.78 is 4.89. The second-order valence-corrected chi connectivity index (χ2v) is 6.70. The average Bonchev–Trinajstić information content (AvgIpc) is 3.11. The summed E-state index contributed by atoms with van der Waals surface area (Å²) in [4.78, 5) is 4.16. The standard InChI is InChI=1S/C13H10ClN2.C7H10NO.K/c1-10(12-8-5-9-13(14)16-12)15-11-6-3-2-4-7-11;1-7(2,3)6-4-5-8-9-6;/h3-9,15H,1H2;4H,1-3H3;/q2*-1;+1. The second kappa shape index (κ2) is 11.0. The van der Waals surface area contributed by atoms with E-state index in [9.17, 15) is 0 Å². The molecule has 2 heterocycles. The van der Waals surface area contributed by atoms with Crippen molar-refractivity contribution in [1.82, 2.24) is 10.1 Å². The fourth-order valence-electron chi connectivity index (χ4n) is 1.83. The Hall–Kier alpha value is -0.954. The molecule has 0 saturated carbocycles. The third-order valence-electron chi connectivity index (χ3n) is 3.17. The molecule has 0 atom stereocenters. The largest absolute Gasteiger partial charge is 1.00 e. The molecular weight excluding hydrogens is 373 g/mol. The molecule has 3 aromatic rings. The summed E-state index contributed by atoms with van der Waals surface area (Å²) in [6, 6.07) is 17.6. The fourth-order valence-corrected chi connectivity index (χ4v) is 1.99. The van der Waals surface area contributed by atoms with Gasteiger partial charge in [0.05, 0.1) is 11.4 Å². The van der Waals surface area contributed by atoms with E-state index in [-0.39, 0.29) is 56.8 Å². The van der Waals surface area contributed by atoms with E-state index >= 15 is 0 Å². The Morgan fingerprint density at radius 2 is 1.88 bits per heavy atom. The zero-order valence-electron chi connectivity index (χ0n) is 15.5. The molecule has 0 aliphatic rings. The fraction of sp³-hybridized carbons (Fsp3) is 0.200. The normalized spacial score (nSPS) is 10.2. The molecule has 0 aliphatic heterocycles. The molecule has 0 bridgehead atoms. The van der Waals surface area contributed by atoms with Gasteiger partial charge in [0.2, 0.25) is 0 Å². The predicted octanol–water partition coefficient (Wildman–Crippen LogP) is 2.39. The molecule has 1 N–H and O–H groups in total. The molecule has 0 radical (unpaired) electrons. The van der Waals surface area contributed by atoms with Crippen molar-refractivity contribution in [3.8, 4) is 0 Å². The molecule has 130 valence electrons. The van der Waals surface area contributed by atoms with E-state index in [0.717, 1.165) is 17.1 Å². The van der Waals surface area contributed by atoms with Crippen molar-refractivity contribution in [3.05, 3.63) is 84.0 Å². The summed E-state index contributed by atoms with van der Waals surface area (Å²) in [7, 11) is 0. The summed E-state index contributed by atoms with van der Waals surface area (Å²) in [5.41, 5.74) is 2.46. The minimum atomic E-state index is 0. The third-order valence-corrected chi connectivity index (χ3v) is 3.38. The number of anilines is 1. The van der Waals surface area contributed by atoms with Gasteiger partial charge < -0.3 is 9.84 Å². The van der Waals surface area contributed by atoms with Gasteiger partial charge in [-0.3, -0.25) is 0 Å².